The maximum absolute atomic E-state index is 12.8. The molecule has 0 bridgehead atoms. The molecule has 2 aromatic carbocycles. The first kappa shape index (κ1) is 21.9. The van der Waals surface area contributed by atoms with E-state index in [-0.39, 0.29) is 12.2 Å². The third kappa shape index (κ3) is 6.33. The average Bonchev–Trinajstić information content (AvgIpc) is 2.71. The first-order valence-corrected chi connectivity index (χ1v) is 10.5. The normalized spacial score (nSPS) is 11.9. The molecule has 0 aliphatic carbocycles. The van der Waals surface area contributed by atoms with E-state index < -0.39 is 11.9 Å². The highest BCUT2D eigenvalue weighted by Gasteiger charge is 2.25. The fourth-order valence-electron chi connectivity index (χ4n) is 3.54. The summed E-state index contributed by atoms with van der Waals surface area (Å²) in [6.45, 7) is 4.30. The Kier molecular flexibility index (Phi) is 8.93. The van der Waals surface area contributed by atoms with Crippen molar-refractivity contribution in [2.24, 2.45) is 0 Å². The summed E-state index contributed by atoms with van der Waals surface area (Å²) >= 11 is 0. The molecule has 2 rings (SSSR count). The number of carboxylic acid groups (broad SMARTS) is 1. The minimum atomic E-state index is -0.937. The first-order chi connectivity index (χ1) is 13.6. The molecule has 3 heteroatoms. The quantitative estimate of drug-likeness (QED) is 0.352. The van der Waals surface area contributed by atoms with Crippen LogP contribution in [-0.2, 0) is 17.6 Å². The number of hydrogen-bond acceptors (Lipinski definition) is 2. The fourth-order valence-corrected chi connectivity index (χ4v) is 3.54. The van der Waals surface area contributed by atoms with Crippen molar-refractivity contribution >= 4 is 11.8 Å². The van der Waals surface area contributed by atoms with Gasteiger partial charge in [-0.15, -0.1) is 0 Å². The number of carbonyl (C=O) groups excluding carboxylic acids is 1. The molecule has 0 aliphatic heterocycles. The Bertz CT molecular complexity index is 762. The Hall–Kier alpha value is -2.42. The van der Waals surface area contributed by atoms with E-state index in [0.29, 0.717) is 5.56 Å². The summed E-state index contributed by atoms with van der Waals surface area (Å²) in [6.07, 6.45) is 7.47. The number of rotatable bonds is 12. The molecule has 1 atom stereocenters. The Labute approximate surface area is 168 Å². The number of ketones is 1. The van der Waals surface area contributed by atoms with Crippen LogP contribution in [0.25, 0.3) is 0 Å². The van der Waals surface area contributed by atoms with Gasteiger partial charge in [-0.2, -0.15) is 0 Å². The van der Waals surface area contributed by atoms with Gasteiger partial charge in [0.2, 0.25) is 0 Å². The highest BCUT2D eigenvalue weighted by Crippen LogP contribution is 2.27. The van der Waals surface area contributed by atoms with Crippen LogP contribution < -0.4 is 0 Å². The van der Waals surface area contributed by atoms with Gasteiger partial charge < -0.3 is 5.11 Å². The topological polar surface area (TPSA) is 54.4 Å². The summed E-state index contributed by atoms with van der Waals surface area (Å²) < 4.78 is 0. The van der Waals surface area contributed by atoms with Gasteiger partial charge in [0.1, 0.15) is 0 Å². The van der Waals surface area contributed by atoms with Crippen LogP contribution in [0.1, 0.15) is 85.3 Å². The second-order valence-electron chi connectivity index (χ2n) is 7.47. The molecule has 0 fully saturated rings. The summed E-state index contributed by atoms with van der Waals surface area (Å²) in [5.74, 6) is -1.85. The molecular formula is C25H32O3. The van der Waals surface area contributed by atoms with Gasteiger partial charge in [-0.3, -0.25) is 9.59 Å². The zero-order valence-electron chi connectivity index (χ0n) is 17.1. The average molecular weight is 381 g/mol. The van der Waals surface area contributed by atoms with Gasteiger partial charge in [0.15, 0.2) is 5.78 Å². The highest BCUT2D eigenvalue weighted by atomic mass is 16.4. The number of aryl methyl sites for hydroxylation is 2. The van der Waals surface area contributed by atoms with Crippen molar-refractivity contribution in [3.8, 4) is 0 Å². The molecule has 0 radical (unpaired) electrons. The van der Waals surface area contributed by atoms with E-state index in [2.05, 4.69) is 13.8 Å². The lowest BCUT2D eigenvalue weighted by atomic mass is 9.87. The number of benzene rings is 2. The molecule has 1 N–H and O–H groups in total. The van der Waals surface area contributed by atoms with Crippen molar-refractivity contribution in [1.29, 1.82) is 0 Å². The molecular weight excluding hydrogens is 348 g/mol. The smallest absolute Gasteiger partial charge is 0.311 e. The molecule has 3 nitrogen and oxygen atoms in total. The molecule has 0 amide bonds. The van der Waals surface area contributed by atoms with Crippen molar-refractivity contribution in [2.75, 3.05) is 0 Å². The predicted octanol–water partition coefficient (Wildman–Crippen LogP) is 6.20. The zero-order chi connectivity index (χ0) is 20.4. The largest absolute Gasteiger partial charge is 0.481 e. The number of carbonyl (C=O) groups is 2. The lowest BCUT2D eigenvalue weighted by molar-refractivity contribution is -0.138. The molecule has 2 aromatic rings. The highest BCUT2D eigenvalue weighted by molar-refractivity contribution is 5.99. The van der Waals surface area contributed by atoms with Crippen molar-refractivity contribution < 1.29 is 14.7 Å². The number of aliphatic carboxylic acids is 1. The van der Waals surface area contributed by atoms with E-state index in [4.69, 9.17) is 0 Å². The molecule has 0 saturated heterocycles. The van der Waals surface area contributed by atoms with Gasteiger partial charge in [-0.1, -0.05) is 81.6 Å². The molecule has 0 saturated carbocycles. The Balaban J connectivity index is 2.12. The van der Waals surface area contributed by atoms with Crippen LogP contribution in [0.5, 0.6) is 0 Å². The molecule has 150 valence electrons. The minimum Gasteiger partial charge on any atom is -0.481 e. The van der Waals surface area contributed by atoms with Gasteiger partial charge >= 0.3 is 5.97 Å². The molecule has 0 aliphatic rings. The maximum atomic E-state index is 12.8. The van der Waals surface area contributed by atoms with E-state index in [1.165, 1.54) is 18.4 Å². The summed E-state index contributed by atoms with van der Waals surface area (Å²) in [5, 5.41) is 9.78. The van der Waals surface area contributed by atoms with Crippen molar-refractivity contribution in [3.63, 3.8) is 0 Å². The van der Waals surface area contributed by atoms with Gasteiger partial charge in [0.05, 0.1) is 5.92 Å². The Morgan fingerprint density at radius 3 is 2.18 bits per heavy atom. The second-order valence-corrected chi connectivity index (χ2v) is 7.47. The van der Waals surface area contributed by atoms with Gasteiger partial charge in [-0.05, 0) is 42.4 Å². The van der Waals surface area contributed by atoms with Gasteiger partial charge in [-0.25, -0.2) is 0 Å². The standard InChI is InChI=1S/C25H32O3/c1-3-5-7-10-19-14-16-21(17-15-19)24(26)18-23(25(27)28)22-13-9-8-12-20(22)11-6-4-2/h8-9,12-17,23H,3-7,10-11,18H2,1-2H3,(H,27,28). The van der Waals surface area contributed by atoms with Crippen molar-refractivity contribution in [3.05, 3.63) is 70.8 Å². The molecule has 0 spiro atoms. The van der Waals surface area contributed by atoms with Gasteiger partial charge in [0, 0.05) is 12.0 Å². The van der Waals surface area contributed by atoms with E-state index in [0.717, 1.165) is 43.2 Å². The van der Waals surface area contributed by atoms with Crippen LogP contribution in [0, 0.1) is 0 Å². The molecule has 1 unspecified atom stereocenters. The summed E-state index contributed by atoms with van der Waals surface area (Å²) in [5.41, 5.74) is 3.63. The molecule has 0 aromatic heterocycles. The second kappa shape index (κ2) is 11.4. The van der Waals surface area contributed by atoms with Crippen LogP contribution in [-0.4, -0.2) is 16.9 Å². The third-order valence-corrected chi connectivity index (χ3v) is 5.26. The van der Waals surface area contributed by atoms with Crippen molar-refractivity contribution in [1.82, 2.24) is 0 Å². The van der Waals surface area contributed by atoms with Crippen LogP contribution in [0.4, 0.5) is 0 Å². The number of carboxylic acids is 1. The van der Waals surface area contributed by atoms with E-state index in [9.17, 15) is 14.7 Å². The number of unbranched alkanes of at least 4 members (excludes halogenated alkanes) is 3. The Morgan fingerprint density at radius 2 is 1.54 bits per heavy atom. The SMILES string of the molecule is CCCCCc1ccc(C(=O)CC(C(=O)O)c2ccccc2CCCC)cc1. The predicted molar refractivity (Wildman–Crippen MR) is 114 cm³/mol. The lowest BCUT2D eigenvalue weighted by Crippen LogP contribution is -2.18. The molecule has 28 heavy (non-hydrogen) atoms. The zero-order valence-corrected chi connectivity index (χ0v) is 17.1. The number of Topliss-reactive ketones (excluding diaryl/α,β-unsaturated/α-hetero) is 1. The number of hydrogen-bond donors (Lipinski definition) is 1. The van der Waals surface area contributed by atoms with E-state index in [1.54, 1.807) is 0 Å². The minimum absolute atomic E-state index is 0.00630. The summed E-state index contributed by atoms with van der Waals surface area (Å²) in [4.78, 5) is 24.7. The maximum Gasteiger partial charge on any atom is 0.311 e. The van der Waals surface area contributed by atoms with Crippen LogP contribution >= 0.6 is 0 Å². The van der Waals surface area contributed by atoms with E-state index >= 15 is 0 Å². The first-order valence-electron chi connectivity index (χ1n) is 10.5. The van der Waals surface area contributed by atoms with Crippen LogP contribution in [0.15, 0.2) is 48.5 Å². The third-order valence-electron chi connectivity index (χ3n) is 5.26. The van der Waals surface area contributed by atoms with Crippen molar-refractivity contribution in [2.45, 2.75) is 71.1 Å². The Morgan fingerprint density at radius 1 is 0.857 bits per heavy atom. The molecule has 0 heterocycles. The summed E-state index contributed by atoms with van der Waals surface area (Å²) in [7, 11) is 0. The van der Waals surface area contributed by atoms with Crippen LogP contribution in [0.2, 0.25) is 0 Å². The monoisotopic (exact) mass is 380 g/mol. The van der Waals surface area contributed by atoms with E-state index in [1.807, 2.05) is 48.5 Å². The van der Waals surface area contributed by atoms with Gasteiger partial charge in [0.25, 0.3) is 0 Å². The lowest BCUT2D eigenvalue weighted by Gasteiger charge is -2.16. The fraction of sp³-hybridized carbons (Fsp3) is 0.440. The summed E-state index contributed by atoms with van der Waals surface area (Å²) in [6, 6.07) is 15.3. The van der Waals surface area contributed by atoms with Crippen LogP contribution in [0.3, 0.4) is 0 Å².